The average Bonchev–Trinajstić information content (AvgIpc) is 2.25. The minimum absolute atomic E-state index is 0.162. The first-order valence-corrected chi connectivity index (χ1v) is 7.70. The summed E-state index contributed by atoms with van der Waals surface area (Å²) >= 11 is 0. The third kappa shape index (κ3) is 4.21. The fourth-order valence-electron chi connectivity index (χ4n) is 2.12. The maximum atomic E-state index is 12.4. The van der Waals surface area contributed by atoms with Crippen LogP contribution >= 0.6 is 0 Å². The van der Waals surface area contributed by atoms with Gasteiger partial charge in [0.2, 0.25) is 10.0 Å². The number of hydrogen-bond acceptors (Lipinski definition) is 4. The second kappa shape index (κ2) is 5.65. The second-order valence-corrected chi connectivity index (χ2v) is 7.45. The molecule has 1 rings (SSSR count). The van der Waals surface area contributed by atoms with Gasteiger partial charge in [0.1, 0.15) is 0 Å². The molecule has 0 saturated carbocycles. The molecule has 0 radical (unpaired) electrons. The van der Waals surface area contributed by atoms with Crippen molar-refractivity contribution in [1.82, 2.24) is 9.62 Å². The molecular formula is C11H24N2O3S. The number of nitrogens with one attached hydrogen (secondary N) is 1. The molecule has 2 N–H and O–H groups in total. The smallest absolute Gasteiger partial charge is 0.217 e. The first-order valence-electron chi connectivity index (χ1n) is 6.19. The van der Waals surface area contributed by atoms with E-state index in [1.165, 1.54) is 4.31 Å². The predicted molar refractivity (Wildman–Crippen MR) is 68.4 cm³/mol. The van der Waals surface area contributed by atoms with Crippen molar-refractivity contribution in [3.05, 3.63) is 0 Å². The number of hydrogen-bond donors (Lipinski definition) is 2. The lowest BCUT2D eigenvalue weighted by molar-refractivity contribution is 0.0598. The molecule has 5 nitrogen and oxygen atoms in total. The van der Waals surface area contributed by atoms with Crippen molar-refractivity contribution in [2.75, 3.05) is 26.2 Å². The zero-order valence-corrected chi connectivity index (χ0v) is 11.8. The van der Waals surface area contributed by atoms with E-state index in [0.717, 1.165) is 13.1 Å². The molecule has 0 atom stereocenters. The first-order chi connectivity index (χ1) is 7.77. The molecule has 1 saturated heterocycles. The molecule has 0 bridgehead atoms. The van der Waals surface area contributed by atoms with E-state index in [-0.39, 0.29) is 11.8 Å². The Morgan fingerprint density at radius 2 is 1.88 bits per heavy atom. The van der Waals surface area contributed by atoms with E-state index in [2.05, 4.69) is 5.32 Å². The molecule has 0 aliphatic carbocycles. The lowest BCUT2D eigenvalue weighted by Gasteiger charge is -2.32. The number of rotatable bonds is 5. The Bertz CT molecular complexity index is 329. The molecule has 0 aromatic rings. The van der Waals surface area contributed by atoms with Crippen molar-refractivity contribution in [3.63, 3.8) is 0 Å². The fourth-order valence-corrected chi connectivity index (χ4v) is 4.23. The Morgan fingerprint density at radius 1 is 1.35 bits per heavy atom. The van der Waals surface area contributed by atoms with Gasteiger partial charge < -0.3 is 10.4 Å². The first kappa shape index (κ1) is 14.9. The van der Waals surface area contributed by atoms with Gasteiger partial charge in [-0.2, -0.15) is 4.31 Å². The van der Waals surface area contributed by atoms with Crippen molar-refractivity contribution in [1.29, 1.82) is 0 Å². The van der Waals surface area contributed by atoms with Crippen LogP contribution in [0.3, 0.4) is 0 Å². The van der Waals surface area contributed by atoms with Gasteiger partial charge >= 0.3 is 0 Å². The lowest BCUT2D eigenvalue weighted by Crippen LogP contribution is -2.48. The summed E-state index contributed by atoms with van der Waals surface area (Å²) in [6.45, 7) is 7.16. The summed E-state index contributed by atoms with van der Waals surface area (Å²) in [5.74, 6) is 0. The summed E-state index contributed by atoms with van der Waals surface area (Å²) in [4.78, 5) is 0. The van der Waals surface area contributed by atoms with E-state index in [1.807, 2.05) is 6.92 Å². The summed E-state index contributed by atoms with van der Waals surface area (Å²) in [5.41, 5.74) is -0.990. The highest BCUT2D eigenvalue weighted by atomic mass is 32.2. The second-order valence-electron chi connectivity index (χ2n) is 5.23. The SMILES string of the molecule is CCN(CC(C)(C)O)S(=O)(=O)C1CCNCC1. The molecular weight excluding hydrogens is 240 g/mol. The molecule has 1 aliphatic rings. The van der Waals surface area contributed by atoms with Gasteiger partial charge in [0, 0.05) is 13.1 Å². The summed E-state index contributed by atoms with van der Waals surface area (Å²) < 4.78 is 26.2. The number of aliphatic hydroxyl groups is 1. The lowest BCUT2D eigenvalue weighted by atomic mass is 10.1. The molecule has 0 spiro atoms. The molecule has 17 heavy (non-hydrogen) atoms. The minimum atomic E-state index is -3.27. The number of nitrogens with zero attached hydrogens (tertiary/aromatic N) is 1. The summed E-state index contributed by atoms with van der Waals surface area (Å²) in [6, 6.07) is 0. The van der Waals surface area contributed by atoms with Gasteiger partial charge in [-0.25, -0.2) is 8.42 Å². The number of likely N-dealkylation sites (N-methyl/N-ethyl adjacent to an activating group) is 1. The van der Waals surface area contributed by atoms with E-state index in [0.29, 0.717) is 19.4 Å². The van der Waals surface area contributed by atoms with Crippen molar-refractivity contribution in [3.8, 4) is 0 Å². The van der Waals surface area contributed by atoms with Crippen LogP contribution in [0.15, 0.2) is 0 Å². The van der Waals surface area contributed by atoms with E-state index in [1.54, 1.807) is 13.8 Å². The normalized spacial score (nSPS) is 19.8. The van der Waals surface area contributed by atoms with Gasteiger partial charge in [-0.15, -0.1) is 0 Å². The Morgan fingerprint density at radius 3 is 2.29 bits per heavy atom. The van der Waals surface area contributed by atoms with Crippen LogP contribution in [0.4, 0.5) is 0 Å². The topological polar surface area (TPSA) is 69.6 Å². The van der Waals surface area contributed by atoms with Gasteiger partial charge in [0.05, 0.1) is 10.9 Å². The molecule has 102 valence electrons. The summed E-state index contributed by atoms with van der Waals surface area (Å²) in [5, 5.41) is 12.6. The highest BCUT2D eigenvalue weighted by Crippen LogP contribution is 2.19. The van der Waals surface area contributed by atoms with Crippen molar-refractivity contribution >= 4 is 10.0 Å². The van der Waals surface area contributed by atoms with Crippen LogP contribution < -0.4 is 5.32 Å². The van der Waals surface area contributed by atoms with E-state index in [4.69, 9.17) is 0 Å². The zero-order chi connectivity index (χ0) is 13.1. The van der Waals surface area contributed by atoms with Crippen LogP contribution in [0.1, 0.15) is 33.6 Å². The third-order valence-corrected chi connectivity index (χ3v) is 5.40. The summed E-state index contributed by atoms with van der Waals surface area (Å²) in [6.07, 6.45) is 1.31. The molecule has 6 heteroatoms. The number of sulfonamides is 1. The van der Waals surface area contributed by atoms with Gasteiger partial charge in [-0.05, 0) is 39.8 Å². The van der Waals surface area contributed by atoms with Crippen LogP contribution in [0.5, 0.6) is 0 Å². The van der Waals surface area contributed by atoms with Gasteiger partial charge in [-0.3, -0.25) is 0 Å². The summed E-state index contributed by atoms with van der Waals surface area (Å²) in [7, 11) is -3.27. The van der Waals surface area contributed by atoms with Crippen LogP contribution in [-0.4, -0.2) is 54.9 Å². The predicted octanol–water partition coefficient (Wildman–Crippen LogP) is 0.161. The molecule has 0 amide bonds. The zero-order valence-electron chi connectivity index (χ0n) is 10.9. The Balaban J connectivity index is 2.78. The fraction of sp³-hybridized carbons (Fsp3) is 1.00. The van der Waals surface area contributed by atoms with Crippen molar-refractivity contribution in [2.24, 2.45) is 0 Å². The molecule has 0 aromatic carbocycles. The molecule has 1 fully saturated rings. The van der Waals surface area contributed by atoms with Gasteiger partial charge in [-0.1, -0.05) is 6.92 Å². The monoisotopic (exact) mass is 264 g/mol. The Labute approximate surface area is 104 Å². The van der Waals surface area contributed by atoms with Crippen molar-refractivity contribution in [2.45, 2.75) is 44.5 Å². The Kier molecular flexibility index (Phi) is 4.95. The van der Waals surface area contributed by atoms with Crippen LogP contribution in [0.2, 0.25) is 0 Å². The van der Waals surface area contributed by atoms with Gasteiger partial charge in [0.15, 0.2) is 0 Å². The van der Waals surface area contributed by atoms with E-state index < -0.39 is 15.6 Å². The van der Waals surface area contributed by atoms with Crippen LogP contribution in [0.25, 0.3) is 0 Å². The quantitative estimate of drug-likeness (QED) is 0.742. The molecule has 1 heterocycles. The average molecular weight is 264 g/mol. The highest BCUT2D eigenvalue weighted by Gasteiger charge is 2.34. The highest BCUT2D eigenvalue weighted by molar-refractivity contribution is 7.89. The van der Waals surface area contributed by atoms with Crippen molar-refractivity contribution < 1.29 is 13.5 Å². The van der Waals surface area contributed by atoms with Crippen LogP contribution in [-0.2, 0) is 10.0 Å². The van der Waals surface area contributed by atoms with Crippen LogP contribution in [0, 0.1) is 0 Å². The maximum Gasteiger partial charge on any atom is 0.217 e. The third-order valence-electron chi connectivity index (χ3n) is 2.98. The minimum Gasteiger partial charge on any atom is -0.389 e. The Hall–Kier alpha value is -0.170. The standard InChI is InChI=1S/C11H24N2O3S/c1-4-13(9-11(2,3)14)17(15,16)10-5-7-12-8-6-10/h10,12,14H,4-9H2,1-3H3. The molecule has 0 unspecified atom stereocenters. The van der Waals surface area contributed by atoms with E-state index >= 15 is 0 Å². The van der Waals surface area contributed by atoms with Gasteiger partial charge in [0.25, 0.3) is 0 Å². The largest absolute Gasteiger partial charge is 0.389 e. The van der Waals surface area contributed by atoms with E-state index in [9.17, 15) is 13.5 Å². The maximum absolute atomic E-state index is 12.4. The molecule has 1 aliphatic heterocycles. The molecule has 0 aromatic heterocycles. The number of piperidine rings is 1.